The molecule has 0 spiro atoms. The maximum atomic E-state index is 12.0. The average Bonchev–Trinajstić information content (AvgIpc) is 2.50. The lowest BCUT2D eigenvalue weighted by Crippen LogP contribution is -2.51. The zero-order valence-corrected chi connectivity index (χ0v) is 10.7. The van der Waals surface area contributed by atoms with Crippen LogP contribution in [-0.2, 0) is 9.53 Å². The van der Waals surface area contributed by atoms with Gasteiger partial charge in [-0.15, -0.1) is 0 Å². The first kappa shape index (κ1) is 12.2. The molecule has 17 heavy (non-hydrogen) atoms. The monoisotopic (exact) mass is 241 g/mol. The average molecular weight is 241 g/mol. The summed E-state index contributed by atoms with van der Waals surface area (Å²) in [5.74, 6) is -0.805. The Morgan fingerprint density at radius 3 is 2.18 bits per heavy atom. The van der Waals surface area contributed by atoms with Gasteiger partial charge in [0.05, 0.1) is 5.41 Å². The zero-order valence-electron chi connectivity index (χ0n) is 10.7. The Hall–Kier alpha value is -1.26. The quantitative estimate of drug-likeness (QED) is 0.761. The highest BCUT2D eigenvalue weighted by molar-refractivity contribution is 5.82. The minimum absolute atomic E-state index is 0.272. The van der Waals surface area contributed by atoms with Gasteiger partial charge < -0.3 is 14.7 Å². The summed E-state index contributed by atoms with van der Waals surface area (Å²) < 4.78 is 5.30. The standard InChI is InChI=1S/C12H19NO4/c1-10(2,3)17-9(16)13-7-12(8(14)15)5-11(13,4)6-12/h5-7H2,1-4H3,(H,14,15). The molecule has 1 N–H and O–H groups in total. The number of carboxylic acids is 1. The third kappa shape index (κ3) is 1.77. The first-order valence-electron chi connectivity index (χ1n) is 5.82. The van der Waals surface area contributed by atoms with Crippen LogP contribution >= 0.6 is 0 Å². The smallest absolute Gasteiger partial charge is 0.410 e. The summed E-state index contributed by atoms with van der Waals surface area (Å²) in [4.78, 5) is 24.7. The van der Waals surface area contributed by atoms with E-state index in [1.54, 1.807) is 25.7 Å². The Kier molecular flexibility index (Phi) is 2.26. The van der Waals surface area contributed by atoms with Crippen molar-refractivity contribution in [1.82, 2.24) is 4.90 Å². The van der Waals surface area contributed by atoms with E-state index >= 15 is 0 Å². The van der Waals surface area contributed by atoms with Crippen molar-refractivity contribution < 1.29 is 19.4 Å². The molecular formula is C12H19NO4. The van der Waals surface area contributed by atoms with Crippen LogP contribution in [0, 0.1) is 5.41 Å². The molecule has 0 atom stereocenters. The van der Waals surface area contributed by atoms with Gasteiger partial charge in [0.15, 0.2) is 0 Å². The van der Waals surface area contributed by atoms with Crippen LogP contribution in [0.5, 0.6) is 0 Å². The van der Waals surface area contributed by atoms with Crippen molar-refractivity contribution in [3.63, 3.8) is 0 Å². The molecule has 1 saturated carbocycles. The predicted molar refractivity (Wildman–Crippen MR) is 60.6 cm³/mol. The van der Waals surface area contributed by atoms with E-state index < -0.39 is 23.1 Å². The van der Waals surface area contributed by atoms with Crippen molar-refractivity contribution >= 4 is 12.1 Å². The summed E-state index contributed by atoms with van der Waals surface area (Å²) in [6, 6.07) is 0. The van der Waals surface area contributed by atoms with E-state index in [0.29, 0.717) is 12.8 Å². The van der Waals surface area contributed by atoms with Crippen LogP contribution in [0.3, 0.4) is 0 Å². The van der Waals surface area contributed by atoms with Gasteiger partial charge in [-0.05, 0) is 40.5 Å². The summed E-state index contributed by atoms with van der Waals surface area (Å²) in [6.45, 7) is 7.61. The molecule has 2 saturated heterocycles. The molecule has 3 aliphatic rings. The summed E-state index contributed by atoms with van der Waals surface area (Å²) in [5, 5.41) is 9.18. The third-order valence-corrected chi connectivity index (χ3v) is 3.62. The van der Waals surface area contributed by atoms with Crippen molar-refractivity contribution in [3.8, 4) is 0 Å². The van der Waals surface area contributed by atoms with E-state index in [0.717, 1.165) is 0 Å². The molecule has 1 amide bonds. The minimum atomic E-state index is -0.805. The molecule has 3 fully saturated rings. The molecular weight excluding hydrogens is 222 g/mol. The largest absolute Gasteiger partial charge is 0.481 e. The Bertz CT molecular complexity index is 376. The van der Waals surface area contributed by atoms with Crippen molar-refractivity contribution in [1.29, 1.82) is 0 Å². The Morgan fingerprint density at radius 1 is 1.29 bits per heavy atom. The van der Waals surface area contributed by atoms with Gasteiger partial charge in [-0.3, -0.25) is 4.79 Å². The van der Waals surface area contributed by atoms with E-state index in [-0.39, 0.29) is 12.1 Å². The van der Waals surface area contributed by atoms with Crippen molar-refractivity contribution in [2.24, 2.45) is 5.41 Å². The van der Waals surface area contributed by atoms with E-state index in [1.165, 1.54) is 0 Å². The first-order chi connectivity index (χ1) is 7.58. The van der Waals surface area contributed by atoms with Gasteiger partial charge in [-0.2, -0.15) is 0 Å². The second-order valence-corrected chi connectivity index (χ2v) is 6.50. The van der Waals surface area contributed by atoms with E-state index in [2.05, 4.69) is 0 Å². The number of rotatable bonds is 1. The van der Waals surface area contributed by atoms with Crippen molar-refractivity contribution in [2.75, 3.05) is 6.54 Å². The fraction of sp³-hybridized carbons (Fsp3) is 0.833. The molecule has 0 aromatic heterocycles. The molecule has 2 bridgehead atoms. The van der Waals surface area contributed by atoms with Gasteiger partial charge in [0.25, 0.3) is 0 Å². The fourth-order valence-corrected chi connectivity index (χ4v) is 3.02. The van der Waals surface area contributed by atoms with E-state index in [4.69, 9.17) is 4.74 Å². The summed E-state index contributed by atoms with van der Waals surface area (Å²) in [5.41, 5.74) is -1.61. The number of hydrogen-bond acceptors (Lipinski definition) is 3. The molecule has 5 nitrogen and oxygen atoms in total. The number of amides is 1. The highest BCUT2D eigenvalue weighted by Crippen LogP contribution is 2.59. The van der Waals surface area contributed by atoms with Crippen LogP contribution in [-0.4, -0.2) is 39.8 Å². The molecule has 96 valence electrons. The fourth-order valence-electron chi connectivity index (χ4n) is 3.02. The summed E-state index contributed by atoms with van der Waals surface area (Å²) >= 11 is 0. The number of carbonyl (C=O) groups is 2. The lowest BCUT2D eigenvalue weighted by atomic mass is 9.63. The van der Waals surface area contributed by atoms with Gasteiger partial charge in [0.2, 0.25) is 0 Å². The number of nitrogens with zero attached hydrogens (tertiary/aromatic N) is 1. The highest BCUT2D eigenvalue weighted by atomic mass is 16.6. The minimum Gasteiger partial charge on any atom is -0.481 e. The normalized spacial score (nSPS) is 35.4. The second kappa shape index (κ2) is 3.15. The molecule has 0 radical (unpaired) electrons. The van der Waals surface area contributed by atoms with Crippen LogP contribution in [0.4, 0.5) is 4.79 Å². The molecule has 0 aromatic rings. The summed E-state index contributed by atoms with van der Waals surface area (Å²) in [6.07, 6.45) is 0.670. The van der Waals surface area contributed by atoms with Gasteiger partial charge in [0, 0.05) is 12.1 Å². The van der Waals surface area contributed by atoms with Gasteiger partial charge in [-0.1, -0.05) is 0 Å². The number of fused-ring (bicyclic) bond motifs is 1. The Balaban J connectivity index is 2.11. The Morgan fingerprint density at radius 2 is 1.82 bits per heavy atom. The maximum absolute atomic E-state index is 12.0. The van der Waals surface area contributed by atoms with Crippen LogP contribution in [0.1, 0.15) is 40.5 Å². The van der Waals surface area contributed by atoms with Crippen molar-refractivity contribution in [2.45, 2.75) is 51.7 Å². The molecule has 0 unspecified atom stereocenters. The number of ether oxygens (including phenoxy) is 1. The molecule has 2 aliphatic heterocycles. The van der Waals surface area contributed by atoms with Crippen LogP contribution in [0.2, 0.25) is 0 Å². The SMILES string of the molecule is CC(C)(C)OC(=O)N1CC2(C(=O)O)CC1(C)C2. The van der Waals surface area contributed by atoms with Crippen LogP contribution in [0.15, 0.2) is 0 Å². The highest BCUT2D eigenvalue weighted by Gasteiger charge is 2.68. The predicted octanol–water partition coefficient (Wildman–Crippen LogP) is 1.86. The number of hydrogen-bond donors (Lipinski definition) is 1. The number of carbonyl (C=O) groups excluding carboxylic acids is 1. The molecule has 5 heteroatoms. The molecule has 2 heterocycles. The lowest BCUT2D eigenvalue weighted by Gasteiger charge is -2.42. The van der Waals surface area contributed by atoms with Gasteiger partial charge in [0.1, 0.15) is 5.60 Å². The van der Waals surface area contributed by atoms with Crippen LogP contribution in [0.25, 0.3) is 0 Å². The lowest BCUT2D eigenvalue weighted by molar-refractivity contribution is -0.152. The van der Waals surface area contributed by atoms with Gasteiger partial charge >= 0.3 is 12.1 Å². The first-order valence-corrected chi connectivity index (χ1v) is 5.82. The van der Waals surface area contributed by atoms with E-state index in [9.17, 15) is 14.7 Å². The zero-order chi connectivity index (χ0) is 13.1. The molecule has 3 rings (SSSR count). The van der Waals surface area contributed by atoms with Crippen LogP contribution < -0.4 is 0 Å². The third-order valence-electron chi connectivity index (χ3n) is 3.62. The van der Waals surface area contributed by atoms with Crippen molar-refractivity contribution in [3.05, 3.63) is 0 Å². The van der Waals surface area contributed by atoms with E-state index in [1.807, 2.05) is 6.92 Å². The number of carboxylic acid groups (broad SMARTS) is 1. The van der Waals surface area contributed by atoms with Gasteiger partial charge in [-0.25, -0.2) is 4.79 Å². The maximum Gasteiger partial charge on any atom is 0.410 e. The second-order valence-electron chi connectivity index (χ2n) is 6.50. The molecule has 0 aromatic carbocycles. The molecule has 1 aliphatic carbocycles. The summed E-state index contributed by atoms with van der Waals surface area (Å²) in [7, 11) is 0. The Labute approximate surface area is 101 Å². The topological polar surface area (TPSA) is 66.8 Å². The number of aliphatic carboxylic acids is 1.